The van der Waals surface area contributed by atoms with Crippen LogP contribution in [0.4, 0.5) is 4.39 Å². The highest BCUT2D eigenvalue weighted by Gasteiger charge is 2.19. The van der Waals surface area contributed by atoms with Crippen molar-refractivity contribution >= 4 is 28.4 Å². The van der Waals surface area contributed by atoms with Crippen LogP contribution in [-0.4, -0.2) is 28.9 Å². The van der Waals surface area contributed by atoms with E-state index in [1.54, 1.807) is 29.3 Å². The van der Waals surface area contributed by atoms with Crippen LogP contribution in [0.25, 0.3) is 22.0 Å². The maximum atomic E-state index is 14.7. The first-order chi connectivity index (χ1) is 12.6. The van der Waals surface area contributed by atoms with Gasteiger partial charge in [-0.3, -0.25) is 9.78 Å². The molecular weight excluding hydrogens is 351 g/mol. The highest BCUT2D eigenvalue weighted by atomic mass is 35.5. The Hall–Kier alpha value is -2.46. The highest BCUT2D eigenvalue weighted by Crippen LogP contribution is 2.30. The summed E-state index contributed by atoms with van der Waals surface area (Å²) in [5.41, 5.74) is 2.32. The van der Waals surface area contributed by atoms with E-state index in [2.05, 4.69) is 4.98 Å². The minimum absolute atomic E-state index is 0.0964. The molecule has 3 nitrogen and oxygen atoms in total. The molecule has 1 aromatic heterocycles. The standard InChI is InChI=1S/C21H18ClFN2O/c22-18-8-9-24-20-7-5-14(12-17(18)20)16-6-4-15(13-19(16)23)21(26)25-10-2-1-3-11-25/h4-9,12-13H,1-3,10-11H2. The van der Waals surface area contributed by atoms with Gasteiger partial charge in [0.1, 0.15) is 5.82 Å². The summed E-state index contributed by atoms with van der Waals surface area (Å²) < 4.78 is 14.7. The zero-order chi connectivity index (χ0) is 18.1. The highest BCUT2D eigenvalue weighted by molar-refractivity contribution is 6.35. The number of hydrogen-bond donors (Lipinski definition) is 0. The summed E-state index contributed by atoms with van der Waals surface area (Å²) in [5.74, 6) is -0.506. The Morgan fingerprint density at radius 1 is 1.04 bits per heavy atom. The quantitative estimate of drug-likeness (QED) is 0.613. The van der Waals surface area contributed by atoms with Gasteiger partial charge in [0, 0.05) is 35.8 Å². The van der Waals surface area contributed by atoms with Crippen molar-refractivity contribution in [1.82, 2.24) is 9.88 Å². The van der Waals surface area contributed by atoms with Crippen molar-refractivity contribution in [3.05, 3.63) is 65.1 Å². The summed E-state index contributed by atoms with van der Waals surface area (Å²) in [5, 5.41) is 1.36. The van der Waals surface area contributed by atoms with Crippen LogP contribution in [0.5, 0.6) is 0 Å². The largest absolute Gasteiger partial charge is 0.339 e. The first kappa shape index (κ1) is 17.0. The maximum absolute atomic E-state index is 14.7. The van der Waals surface area contributed by atoms with E-state index in [1.807, 2.05) is 18.2 Å². The normalized spacial score (nSPS) is 14.6. The summed E-state index contributed by atoms with van der Waals surface area (Å²) in [6, 6.07) is 11.9. The van der Waals surface area contributed by atoms with Gasteiger partial charge >= 0.3 is 0 Å². The Kier molecular flexibility index (Phi) is 4.60. The Morgan fingerprint density at radius 3 is 2.62 bits per heavy atom. The Balaban J connectivity index is 1.68. The second-order valence-corrected chi connectivity index (χ2v) is 6.98. The molecule has 1 aliphatic heterocycles. The van der Waals surface area contributed by atoms with E-state index in [0.29, 0.717) is 21.7 Å². The van der Waals surface area contributed by atoms with Crippen molar-refractivity contribution in [2.45, 2.75) is 19.3 Å². The van der Waals surface area contributed by atoms with Crippen molar-refractivity contribution in [3.63, 3.8) is 0 Å². The van der Waals surface area contributed by atoms with Crippen LogP contribution in [0.3, 0.4) is 0 Å². The summed E-state index contributed by atoms with van der Waals surface area (Å²) >= 11 is 6.23. The summed E-state index contributed by atoms with van der Waals surface area (Å²) in [6.45, 7) is 1.50. The molecule has 132 valence electrons. The van der Waals surface area contributed by atoms with Gasteiger partial charge < -0.3 is 4.90 Å². The maximum Gasteiger partial charge on any atom is 0.253 e. The summed E-state index contributed by atoms with van der Waals surface area (Å²) in [4.78, 5) is 18.6. The smallest absolute Gasteiger partial charge is 0.253 e. The van der Waals surface area contributed by atoms with Crippen LogP contribution < -0.4 is 0 Å². The molecule has 0 radical (unpaired) electrons. The molecule has 26 heavy (non-hydrogen) atoms. The second-order valence-electron chi connectivity index (χ2n) is 6.57. The van der Waals surface area contributed by atoms with Crippen LogP contribution in [0.15, 0.2) is 48.7 Å². The molecule has 0 N–H and O–H groups in total. The number of aromatic nitrogens is 1. The molecule has 0 saturated carbocycles. The number of carbonyl (C=O) groups is 1. The monoisotopic (exact) mass is 368 g/mol. The SMILES string of the molecule is O=C(c1ccc(-c2ccc3nccc(Cl)c3c2)c(F)c1)N1CCCCC1. The number of pyridine rings is 1. The van der Waals surface area contributed by atoms with Crippen molar-refractivity contribution in [3.8, 4) is 11.1 Å². The van der Waals surface area contributed by atoms with Crippen LogP contribution in [0.1, 0.15) is 29.6 Å². The Bertz CT molecular complexity index is 983. The molecule has 0 spiro atoms. The minimum atomic E-state index is -0.410. The van der Waals surface area contributed by atoms with Gasteiger partial charge in [0.05, 0.1) is 10.5 Å². The number of nitrogens with zero attached hydrogens (tertiary/aromatic N) is 2. The Labute approximate surface area is 156 Å². The molecule has 1 aliphatic rings. The number of rotatable bonds is 2. The van der Waals surface area contributed by atoms with Crippen molar-refractivity contribution in [2.24, 2.45) is 0 Å². The van der Waals surface area contributed by atoms with Gasteiger partial charge in [-0.25, -0.2) is 4.39 Å². The molecule has 4 rings (SSSR count). The molecular formula is C21H18ClFN2O. The fourth-order valence-electron chi connectivity index (χ4n) is 3.44. The molecule has 1 amide bonds. The molecule has 0 aliphatic carbocycles. The third kappa shape index (κ3) is 3.17. The number of halogens is 2. The van der Waals surface area contributed by atoms with E-state index in [1.165, 1.54) is 6.07 Å². The predicted molar refractivity (Wildman–Crippen MR) is 102 cm³/mol. The number of carbonyl (C=O) groups excluding carboxylic acids is 1. The lowest BCUT2D eigenvalue weighted by Gasteiger charge is -2.26. The molecule has 0 bridgehead atoms. The third-order valence-electron chi connectivity index (χ3n) is 4.86. The van der Waals surface area contributed by atoms with Gasteiger partial charge in [-0.15, -0.1) is 0 Å². The fourth-order valence-corrected chi connectivity index (χ4v) is 3.65. The second kappa shape index (κ2) is 7.04. The van der Waals surface area contributed by atoms with Gasteiger partial charge in [-0.2, -0.15) is 0 Å². The zero-order valence-corrected chi connectivity index (χ0v) is 15.0. The average Bonchev–Trinajstić information content (AvgIpc) is 2.68. The van der Waals surface area contributed by atoms with Crippen molar-refractivity contribution in [1.29, 1.82) is 0 Å². The van der Waals surface area contributed by atoms with Gasteiger partial charge in [0.2, 0.25) is 0 Å². The lowest BCUT2D eigenvalue weighted by Crippen LogP contribution is -2.35. The number of benzene rings is 2. The van der Waals surface area contributed by atoms with Gasteiger partial charge in [0.25, 0.3) is 5.91 Å². The number of piperidine rings is 1. The lowest BCUT2D eigenvalue weighted by atomic mass is 10.0. The number of amides is 1. The van der Waals surface area contributed by atoms with E-state index >= 15 is 0 Å². The number of hydrogen-bond acceptors (Lipinski definition) is 2. The zero-order valence-electron chi connectivity index (χ0n) is 14.2. The first-order valence-electron chi connectivity index (χ1n) is 8.77. The van der Waals surface area contributed by atoms with Gasteiger partial charge in [-0.05, 0) is 55.2 Å². The van der Waals surface area contributed by atoms with Crippen LogP contribution in [0, 0.1) is 5.82 Å². The number of likely N-dealkylation sites (tertiary alicyclic amines) is 1. The summed E-state index contributed by atoms with van der Waals surface area (Å²) in [7, 11) is 0. The lowest BCUT2D eigenvalue weighted by molar-refractivity contribution is 0.0724. The van der Waals surface area contributed by atoms with Crippen molar-refractivity contribution < 1.29 is 9.18 Å². The van der Waals surface area contributed by atoms with Crippen LogP contribution in [-0.2, 0) is 0 Å². The molecule has 0 unspecified atom stereocenters. The van der Waals surface area contributed by atoms with Gasteiger partial charge in [0.15, 0.2) is 0 Å². The first-order valence-corrected chi connectivity index (χ1v) is 9.15. The van der Waals surface area contributed by atoms with E-state index in [-0.39, 0.29) is 5.91 Å². The van der Waals surface area contributed by atoms with Crippen LogP contribution in [0.2, 0.25) is 5.02 Å². The molecule has 2 heterocycles. The molecule has 3 aromatic rings. The van der Waals surface area contributed by atoms with E-state index in [9.17, 15) is 9.18 Å². The average molecular weight is 369 g/mol. The molecule has 2 aromatic carbocycles. The minimum Gasteiger partial charge on any atom is -0.339 e. The Morgan fingerprint density at radius 2 is 1.85 bits per heavy atom. The van der Waals surface area contributed by atoms with Gasteiger partial charge in [-0.1, -0.05) is 23.7 Å². The fraction of sp³-hybridized carbons (Fsp3) is 0.238. The van der Waals surface area contributed by atoms with E-state index < -0.39 is 5.82 Å². The van der Waals surface area contributed by atoms with Crippen molar-refractivity contribution in [2.75, 3.05) is 13.1 Å². The van der Waals surface area contributed by atoms with E-state index in [4.69, 9.17) is 11.6 Å². The van der Waals surface area contributed by atoms with Crippen LogP contribution >= 0.6 is 11.6 Å². The molecule has 5 heteroatoms. The predicted octanol–water partition coefficient (Wildman–Crippen LogP) is 5.32. The van der Waals surface area contributed by atoms with E-state index in [0.717, 1.165) is 43.3 Å². The summed E-state index contributed by atoms with van der Waals surface area (Å²) in [6.07, 6.45) is 4.82. The molecule has 0 atom stereocenters. The third-order valence-corrected chi connectivity index (χ3v) is 5.19. The molecule has 1 fully saturated rings. The topological polar surface area (TPSA) is 33.2 Å². The number of fused-ring (bicyclic) bond motifs is 1. The molecule has 1 saturated heterocycles.